The van der Waals surface area contributed by atoms with E-state index in [1.807, 2.05) is 59.5 Å². The number of nitrogens with one attached hydrogen (secondary N) is 2. The van der Waals surface area contributed by atoms with Gasteiger partial charge in [0.25, 0.3) is 0 Å². The Morgan fingerprint density at radius 2 is 1.77 bits per heavy atom. The van der Waals surface area contributed by atoms with Gasteiger partial charge < -0.3 is 20.4 Å². The molecule has 7 heteroatoms. The largest absolute Gasteiger partial charge is 0.383 e. The number of carbonyl (C=O) groups is 1. The molecule has 181 valence electrons. The summed E-state index contributed by atoms with van der Waals surface area (Å²) < 4.78 is 0. The highest BCUT2D eigenvalue weighted by atomic mass is 35.5. The number of hydrogen-bond donors (Lipinski definition) is 2. The van der Waals surface area contributed by atoms with E-state index >= 15 is 0 Å². The van der Waals surface area contributed by atoms with Crippen molar-refractivity contribution in [1.82, 2.24) is 20.1 Å². The second-order valence-electron chi connectivity index (χ2n) is 8.83. The first-order valence-electron chi connectivity index (χ1n) is 11.7. The second-order valence-corrected chi connectivity index (χ2v) is 9.26. The lowest BCUT2D eigenvalue weighted by molar-refractivity contribution is 0.201. The summed E-state index contributed by atoms with van der Waals surface area (Å²) >= 11 is 6.12. The first-order chi connectivity index (χ1) is 17.0. The Kier molecular flexibility index (Phi) is 8.83. The van der Waals surface area contributed by atoms with Gasteiger partial charge in [0.1, 0.15) is 0 Å². The zero-order chi connectivity index (χ0) is 24.6. The molecule has 3 aromatic rings. The predicted octanol–water partition coefficient (Wildman–Crippen LogP) is 4.85. The molecule has 1 heterocycles. The van der Waals surface area contributed by atoms with Crippen LogP contribution in [0.4, 0.5) is 10.5 Å². The molecule has 6 nitrogen and oxygen atoms in total. The number of aromatic nitrogens is 1. The predicted molar refractivity (Wildman–Crippen MR) is 143 cm³/mol. The Hall–Kier alpha value is -2.83. The van der Waals surface area contributed by atoms with Crippen molar-refractivity contribution in [3.05, 3.63) is 102 Å². The van der Waals surface area contributed by atoms with E-state index in [2.05, 4.69) is 53.9 Å². The van der Waals surface area contributed by atoms with Crippen molar-refractivity contribution < 1.29 is 4.79 Å². The molecule has 0 atom stereocenters. The SMILES string of the molecule is CN(C)C[C]1[CH][CH][CH][C]1CN(CCNc1ccnc2cc(Cl)ccc12)C(=O)NCc1ccccc1. The quantitative estimate of drug-likeness (QED) is 0.428. The first-order valence-corrected chi connectivity index (χ1v) is 12.1. The molecular formula is C28H31ClN5O. The second kappa shape index (κ2) is 12.2. The molecule has 0 unspecified atom stereocenters. The number of fused-ring (bicyclic) bond motifs is 1. The summed E-state index contributed by atoms with van der Waals surface area (Å²) in [5.41, 5.74) is 2.88. The van der Waals surface area contributed by atoms with Crippen molar-refractivity contribution in [2.24, 2.45) is 0 Å². The van der Waals surface area contributed by atoms with Crippen LogP contribution >= 0.6 is 11.6 Å². The maximum atomic E-state index is 13.2. The number of amides is 2. The summed E-state index contributed by atoms with van der Waals surface area (Å²) in [7, 11) is 4.11. The Morgan fingerprint density at radius 1 is 1.00 bits per heavy atom. The van der Waals surface area contributed by atoms with Crippen molar-refractivity contribution in [2.75, 3.05) is 45.6 Å². The zero-order valence-corrected chi connectivity index (χ0v) is 20.9. The molecular weight excluding hydrogens is 458 g/mol. The van der Waals surface area contributed by atoms with E-state index in [9.17, 15) is 4.79 Å². The molecule has 1 aromatic heterocycles. The Morgan fingerprint density at radius 3 is 2.54 bits per heavy atom. The minimum absolute atomic E-state index is 0.0842. The van der Waals surface area contributed by atoms with Crippen LogP contribution in [0.25, 0.3) is 10.9 Å². The molecule has 1 aliphatic rings. The third-order valence-electron chi connectivity index (χ3n) is 5.83. The fraction of sp³-hybridized carbons (Fsp3) is 0.250. The topological polar surface area (TPSA) is 60.5 Å². The van der Waals surface area contributed by atoms with Crippen LogP contribution in [0.2, 0.25) is 5.02 Å². The van der Waals surface area contributed by atoms with Gasteiger partial charge in [-0.3, -0.25) is 4.98 Å². The Balaban J connectivity index is 1.42. The minimum atomic E-state index is -0.0842. The smallest absolute Gasteiger partial charge is 0.317 e. The van der Waals surface area contributed by atoms with Gasteiger partial charge in [0.15, 0.2) is 0 Å². The van der Waals surface area contributed by atoms with E-state index in [1.165, 1.54) is 5.92 Å². The molecule has 1 aliphatic carbocycles. The number of nitrogens with zero attached hydrogens (tertiary/aromatic N) is 3. The van der Waals surface area contributed by atoms with Crippen molar-refractivity contribution in [1.29, 1.82) is 0 Å². The van der Waals surface area contributed by atoms with Gasteiger partial charge in [0, 0.05) is 66.9 Å². The van der Waals surface area contributed by atoms with Crippen molar-refractivity contribution >= 4 is 34.2 Å². The van der Waals surface area contributed by atoms with Gasteiger partial charge in [-0.2, -0.15) is 0 Å². The molecule has 1 fully saturated rings. The van der Waals surface area contributed by atoms with Crippen LogP contribution in [0.3, 0.4) is 0 Å². The lowest BCUT2D eigenvalue weighted by atomic mass is 9.95. The van der Waals surface area contributed by atoms with Gasteiger partial charge in [-0.25, -0.2) is 4.79 Å². The molecule has 2 amide bonds. The van der Waals surface area contributed by atoms with Gasteiger partial charge in [-0.05, 0) is 63.2 Å². The van der Waals surface area contributed by atoms with Gasteiger partial charge in [0.2, 0.25) is 0 Å². The van der Waals surface area contributed by atoms with Crippen molar-refractivity contribution in [3.63, 3.8) is 0 Å². The van der Waals surface area contributed by atoms with Gasteiger partial charge >= 0.3 is 6.03 Å². The van der Waals surface area contributed by atoms with Crippen LogP contribution in [0.15, 0.2) is 60.8 Å². The summed E-state index contributed by atoms with van der Waals surface area (Å²) in [6, 6.07) is 17.5. The number of anilines is 1. The lowest BCUT2D eigenvalue weighted by Gasteiger charge is -2.29. The van der Waals surface area contributed by atoms with Crippen LogP contribution in [0.1, 0.15) is 5.56 Å². The van der Waals surface area contributed by atoms with Crippen LogP contribution in [0, 0.1) is 31.1 Å². The summed E-state index contributed by atoms with van der Waals surface area (Å²) in [4.78, 5) is 21.6. The number of urea groups is 1. The van der Waals surface area contributed by atoms with E-state index in [0.29, 0.717) is 31.2 Å². The standard InChI is InChI=1S/C28H31ClN5O/c1-33(2)19-22-9-6-10-23(22)20-34(28(35)32-18-21-7-4-3-5-8-21)16-15-31-26-13-14-30-27-17-24(29)11-12-25(26)27/h3-14,17H,15-16,18-20H2,1-2H3,(H,30,31)(H,32,35). The molecule has 35 heavy (non-hydrogen) atoms. The third kappa shape index (κ3) is 7.09. The summed E-state index contributed by atoms with van der Waals surface area (Å²) in [5.74, 6) is 2.40. The van der Waals surface area contributed by atoms with Crippen molar-refractivity contribution in [2.45, 2.75) is 6.54 Å². The maximum Gasteiger partial charge on any atom is 0.317 e. The molecule has 1 saturated carbocycles. The molecule has 2 N–H and O–H groups in total. The molecule has 0 aliphatic heterocycles. The van der Waals surface area contributed by atoms with E-state index in [4.69, 9.17) is 11.6 Å². The van der Waals surface area contributed by atoms with E-state index in [-0.39, 0.29) is 6.03 Å². The summed E-state index contributed by atoms with van der Waals surface area (Å²) in [6.07, 6.45) is 8.05. The molecule has 2 aromatic carbocycles. The fourth-order valence-corrected chi connectivity index (χ4v) is 4.25. The number of hydrogen-bond acceptors (Lipinski definition) is 4. The average Bonchev–Trinajstić information content (AvgIpc) is 3.28. The highest BCUT2D eigenvalue weighted by Gasteiger charge is 2.32. The Labute approximate surface area is 213 Å². The number of benzene rings is 2. The normalized spacial score (nSPS) is 14.5. The van der Waals surface area contributed by atoms with Gasteiger partial charge in [-0.15, -0.1) is 0 Å². The van der Waals surface area contributed by atoms with E-state index in [1.54, 1.807) is 6.20 Å². The fourth-order valence-electron chi connectivity index (χ4n) is 4.09. The first kappa shape index (κ1) is 25.3. The highest BCUT2D eigenvalue weighted by Crippen LogP contribution is 2.34. The summed E-state index contributed by atoms with van der Waals surface area (Å²) in [6.45, 7) is 3.02. The average molecular weight is 489 g/mol. The number of rotatable bonds is 10. The molecule has 4 rings (SSSR count). The third-order valence-corrected chi connectivity index (χ3v) is 6.07. The zero-order valence-electron chi connectivity index (χ0n) is 20.2. The molecule has 5 radical (unpaired) electrons. The monoisotopic (exact) mass is 488 g/mol. The Bertz CT molecular complexity index is 1110. The lowest BCUT2D eigenvalue weighted by Crippen LogP contribution is -2.44. The van der Waals surface area contributed by atoms with Crippen LogP contribution in [-0.4, -0.2) is 61.1 Å². The summed E-state index contributed by atoms with van der Waals surface area (Å²) in [5, 5.41) is 8.22. The molecule has 0 spiro atoms. The maximum absolute atomic E-state index is 13.2. The van der Waals surface area contributed by atoms with E-state index in [0.717, 1.165) is 34.6 Å². The minimum Gasteiger partial charge on any atom is -0.383 e. The highest BCUT2D eigenvalue weighted by molar-refractivity contribution is 6.31. The number of pyridine rings is 1. The number of carbonyl (C=O) groups excluding carboxylic acids is 1. The molecule has 0 saturated heterocycles. The van der Waals surface area contributed by atoms with Crippen LogP contribution in [0.5, 0.6) is 0 Å². The van der Waals surface area contributed by atoms with Crippen LogP contribution < -0.4 is 10.6 Å². The van der Waals surface area contributed by atoms with Crippen molar-refractivity contribution in [3.8, 4) is 0 Å². The number of halogens is 1. The van der Waals surface area contributed by atoms with Gasteiger partial charge in [-0.1, -0.05) is 41.9 Å². The molecule has 0 bridgehead atoms. The van der Waals surface area contributed by atoms with E-state index < -0.39 is 0 Å². The van der Waals surface area contributed by atoms with Gasteiger partial charge in [0.05, 0.1) is 5.52 Å². The van der Waals surface area contributed by atoms with Crippen LogP contribution in [-0.2, 0) is 6.54 Å².